The van der Waals surface area contributed by atoms with Crippen LogP contribution < -0.4 is 25.6 Å². The highest BCUT2D eigenvalue weighted by Crippen LogP contribution is 2.65. The van der Waals surface area contributed by atoms with Crippen LogP contribution in [0.3, 0.4) is 0 Å². The molecule has 0 spiro atoms. The lowest BCUT2D eigenvalue weighted by Gasteiger charge is -2.63. The van der Waals surface area contributed by atoms with Gasteiger partial charge in [-0.2, -0.15) is 10.4 Å². The summed E-state index contributed by atoms with van der Waals surface area (Å²) in [5.41, 5.74) is 7.32. The van der Waals surface area contributed by atoms with Gasteiger partial charge in [0.15, 0.2) is 5.69 Å². The van der Waals surface area contributed by atoms with E-state index in [1.54, 1.807) is 18.5 Å². The fraction of sp³-hybridized carbons (Fsp3) is 0.512. The number of halogens is 1. The monoisotopic (exact) mass is 793 g/mol. The zero-order valence-corrected chi connectivity index (χ0v) is 33.5. The molecule has 0 radical (unpaired) electrons. The maximum atomic E-state index is 12.8. The Morgan fingerprint density at radius 3 is 2.42 bits per heavy atom. The van der Waals surface area contributed by atoms with Gasteiger partial charge in [0, 0.05) is 74.7 Å². The molecule has 4 amide bonds. The number of hydrogen-bond donors (Lipinski definition) is 2. The number of urea groups is 1. The quantitative estimate of drug-likeness (QED) is 0.220. The molecule has 16 heteroatoms. The van der Waals surface area contributed by atoms with Crippen LogP contribution in [0.2, 0.25) is 5.02 Å². The molecule has 4 aromatic rings. The van der Waals surface area contributed by atoms with Crippen molar-refractivity contribution in [2.45, 2.75) is 77.9 Å². The summed E-state index contributed by atoms with van der Waals surface area (Å²) in [6, 6.07) is 9.09. The number of nitrogens with two attached hydrogens (primary N) is 1. The number of hydrogen-bond acceptors (Lipinski definition) is 11. The highest BCUT2D eigenvalue weighted by molar-refractivity contribution is 6.31. The van der Waals surface area contributed by atoms with Gasteiger partial charge in [-0.25, -0.2) is 19.7 Å². The van der Waals surface area contributed by atoms with E-state index in [-0.39, 0.29) is 41.1 Å². The average molecular weight is 794 g/mol. The molecule has 3 aliphatic heterocycles. The summed E-state index contributed by atoms with van der Waals surface area (Å²) < 4.78 is 8.54. The first-order valence-corrected chi connectivity index (χ1v) is 20.1. The molecule has 7 heterocycles. The van der Waals surface area contributed by atoms with Crippen LogP contribution in [0.15, 0.2) is 42.9 Å². The Bertz CT molecular complexity index is 2250. The largest absolute Gasteiger partial charge is 0.488 e. The van der Waals surface area contributed by atoms with E-state index in [1.807, 2.05) is 24.3 Å². The molecule has 0 unspecified atom stereocenters. The van der Waals surface area contributed by atoms with Crippen molar-refractivity contribution in [2.24, 2.45) is 22.5 Å². The first-order valence-electron chi connectivity index (χ1n) is 19.7. The Labute approximate surface area is 336 Å². The van der Waals surface area contributed by atoms with E-state index in [4.69, 9.17) is 32.2 Å². The fourth-order valence-corrected chi connectivity index (χ4v) is 10.4. The second-order valence-electron chi connectivity index (χ2n) is 17.0. The van der Waals surface area contributed by atoms with Crippen molar-refractivity contribution in [3.05, 3.63) is 64.8 Å². The van der Waals surface area contributed by atoms with E-state index < -0.39 is 22.8 Å². The number of amides is 4. The maximum Gasteiger partial charge on any atom is 0.329 e. The number of imide groups is 1. The number of carbonyl (C=O) groups is 3. The van der Waals surface area contributed by atoms with Crippen LogP contribution in [0.5, 0.6) is 5.75 Å². The molecule has 4 aromatic heterocycles. The molecular weight excluding hydrogens is 746 g/mol. The number of pyridine rings is 3. The summed E-state index contributed by atoms with van der Waals surface area (Å²) >= 11 is 6.26. The predicted molar refractivity (Wildman–Crippen MR) is 214 cm³/mol. The van der Waals surface area contributed by atoms with Crippen molar-refractivity contribution in [3.63, 3.8) is 0 Å². The van der Waals surface area contributed by atoms with E-state index in [0.717, 1.165) is 75.1 Å². The maximum absolute atomic E-state index is 12.8. The van der Waals surface area contributed by atoms with Gasteiger partial charge in [0.25, 0.3) is 5.91 Å². The van der Waals surface area contributed by atoms with E-state index in [2.05, 4.69) is 57.5 Å². The Hall–Kier alpha value is -5.33. The highest BCUT2D eigenvalue weighted by atomic mass is 35.5. The molecule has 1 aliphatic carbocycles. The van der Waals surface area contributed by atoms with Gasteiger partial charge in [-0.15, -0.1) is 0 Å². The Morgan fingerprint density at radius 1 is 1.02 bits per heavy atom. The molecule has 0 aromatic carbocycles. The second-order valence-corrected chi connectivity index (χ2v) is 17.4. The smallest absolute Gasteiger partial charge is 0.329 e. The number of primary amides is 1. The van der Waals surface area contributed by atoms with Gasteiger partial charge in [-0.05, 0) is 49.8 Å². The number of anilines is 2. The van der Waals surface area contributed by atoms with Gasteiger partial charge in [-0.3, -0.25) is 24.5 Å². The molecule has 15 nitrogen and oxygen atoms in total. The first kappa shape index (κ1) is 38.5. The minimum absolute atomic E-state index is 0.124. The van der Waals surface area contributed by atoms with Gasteiger partial charge < -0.3 is 20.3 Å². The molecule has 3 N–H and O–H groups in total. The second kappa shape index (κ2) is 14.9. The van der Waals surface area contributed by atoms with Gasteiger partial charge >= 0.3 is 6.03 Å². The summed E-state index contributed by atoms with van der Waals surface area (Å²) in [5.74, 6) is 1.54. The number of fused-ring (bicyclic) bond motifs is 1. The first-order chi connectivity index (χ1) is 27.3. The molecule has 57 heavy (non-hydrogen) atoms. The number of nitrogens with one attached hydrogen (secondary N) is 1. The third-order valence-electron chi connectivity index (χ3n) is 12.6. The minimum atomic E-state index is -0.502. The Morgan fingerprint density at radius 2 is 1.75 bits per heavy atom. The fourth-order valence-electron chi connectivity index (χ4n) is 10.2. The summed E-state index contributed by atoms with van der Waals surface area (Å²) in [7, 11) is 0. The number of nitrogens with zero attached hydrogens (tertiary/aromatic N) is 9. The van der Waals surface area contributed by atoms with Crippen LogP contribution >= 0.6 is 11.6 Å². The average Bonchev–Trinajstić information content (AvgIpc) is 3.62. The number of aromatic nitrogens is 5. The van der Waals surface area contributed by atoms with Gasteiger partial charge in [0.05, 0.1) is 45.6 Å². The van der Waals surface area contributed by atoms with Crippen LogP contribution in [0.25, 0.3) is 10.9 Å². The van der Waals surface area contributed by atoms with Crippen molar-refractivity contribution in [1.82, 2.24) is 34.9 Å². The van der Waals surface area contributed by atoms with Crippen LogP contribution in [0, 0.1) is 28.1 Å². The summed E-state index contributed by atoms with van der Waals surface area (Å²) in [6.07, 6.45) is 9.04. The lowest BCUT2D eigenvalue weighted by molar-refractivity contribution is -0.161. The number of carbonyl (C=O) groups excluding carboxylic acids is 3. The van der Waals surface area contributed by atoms with Crippen molar-refractivity contribution in [2.75, 3.05) is 49.1 Å². The molecule has 8 rings (SSSR count). The molecule has 1 saturated carbocycles. The van der Waals surface area contributed by atoms with Crippen molar-refractivity contribution in [3.8, 4) is 11.8 Å². The van der Waals surface area contributed by atoms with Gasteiger partial charge in [0.2, 0.25) is 5.91 Å². The van der Waals surface area contributed by atoms with E-state index in [9.17, 15) is 19.6 Å². The number of rotatable bonds is 9. The number of ether oxygens (including phenoxy) is 1. The van der Waals surface area contributed by atoms with E-state index in [0.29, 0.717) is 35.3 Å². The highest BCUT2D eigenvalue weighted by Gasteiger charge is 2.65. The topological polar surface area (TPSA) is 188 Å². The zero-order valence-electron chi connectivity index (χ0n) is 32.7. The van der Waals surface area contributed by atoms with E-state index in [1.165, 1.54) is 11.1 Å². The molecule has 4 fully saturated rings. The number of nitriles is 1. The Kier molecular flexibility index (Phi) is 10.1. The lowest BCUT2D eigenvalue weighted by atomic mass is 9.44. The third kappa shape index (κ3) is 7.03. The molecular formula is C41H48ClN11O4. The lowest BCUT2D eigenvalue weighted by Crippen LogP contribution is -2.64. The van der Waals surface area contributed by atoms with Crippen LogP contribution in [-0.4, -0.2) is 92.9 Å². The number of likely N-dealkylation sites (tertiary alicyclic amines) is 1. The van der Waals surface area contributed by atoms with Crippen molar-refractivity contribution >= 4 is 52.0 Å². The Balaban J connectivity index is 0.886. The SMILES string of the molecule is CC1(C)C(Oc2cnc(C#N)c(Cl)c2)C(C)(C)C1c1nc(N2CCC(CN3CCC(n4ncc5c(N6CCC(=O)NC6=O)nccc54)CC3)CC2)ccc1C(N)=O. The normalized spacial score (nSPS) is 22.9. The van der Waals surface area contributed by atoms with Crippen LogP contribution in [-0.2, 0) is 4.79 Å². The molecule has 298 valence electrons. The predicted octanol–water partition coefficient (Wildman–Crippen LogP) is 5.44. The molecule has 0 bridgehead atoms. The standard InChI is InChI=1S/C41H48ClN11O4/c1-40(2)35(41(3,4)38(40)57-26-19-29(42)30(20-43)46-21-26)34-27(36(44)55)5-6-32(48-34)51-16-8-24(9-17-51)23-50-14-10-25(11-15-50)53-31-7-13-45-37(28(31)22-47-53)52-18-12-33(54)49-39(52)56/h5-7,13,19,21-22,24-25,35,38H,8-12,14-18,23H2,1-4H3,(H2,44,55)(H,49,54,56). The molecule has 4 aliphatic rings. The molecule has 0 atom stereocenters. The van der Waals surface area contributed by atoms with Crippen LogP contribution in [0.1, 0.15) is 93.5 Å². The minimum Gasteiger partial charge on any atom is -0.488 e. The summed E-state index contributed by atoms with van der Waals surface area (Å²) in [5, 5.41) is 17.4. The van der Waals surface area contributed by atoms with E-state index >= 15 is 0 Å². The zero-order chi connectivity index (χ0) is 40.2. The molecule has 3 saturated heterocycles. The van der Waals surface area contributed by atoms with Crippen molar-refractivity contribution in [1.29, 1.82) is 5.26 Å². The van der Waals surface area contributed by atoms with Gasteiger partial charge in [-0.1, -0.05) is 39.3 Å². The summed E-state index contributed by atoms with van der Waals surface area (Å²) in [4.78, 5) is 57.2. The van der Waals surface area contributed by atoms with Crippen LogP contribution in [0.4, 0.5) is 16.4 Å². The number of piperidine rings is 2. The van der Waals surface area contributed by atoms with Gasteiger partial charge in [0.1, 0.15) is 29.6 Å². The van der Waals surface area contributed by atoms with Crippen molar-refractivity contribution < 1.29 is 19.1 Å². The third-order valence-corrected chi connectivity index (χ3v) is 12.9. The summed E-state index contributed by atoms with van der Waals surface area (Å²) in [6.45, 7) is 13.5.